The molecule has 1 fully saturated rings. The topological polar surface area (TPSA) is 36.4 Å². The monoisotopic (exact) mass is 375 g/mol. The third kappa shape index (κ3) is 3.08. The van der Waals surface area contributed by atoms with Crippen LogP contribution in [0.4, 0.5) is 24.0 Å². The van der Waals surface area contributed by atoms with Crippen LogP contribution in [-0.4, -0.2) is 30.5 Å². The lowest BCUT2D eigenvalue weighted by Crippen LogP contribution is -2.39. The summed E-state index contributed by atoms with van der Waals surface area (Å²) < 4.78 is 38.1. The number of thiazole rings is 1. The summed E-state index contributed by atoms with van der Waals surface area (Å²) in [6.45, 7) is 0.453. The molecule has 1 aliphatic rings. The first-order chi connectivity index (χ1) is 11.3. The number of anilines is 2. The number of benzene rings is 1. The van der Waals surface area contributed by atoms with Crippen LogP contribution in [-0.2, 0) is 11.0 Å². The third-order valence-corrected chi connectivity index (χ3v) is 5.31. The van der Waals surface area contributed by atoms with E-state index in [2.05, 4.69) is 4.98 Å². The maximum absolute atomic E-state index is 12.7. The summed E-state index contributed by atoms with van der Waals surface area (Å²) in [5.74, 6) is -0.200. The fourth-order valence-corrected chi connectivity index (χ4v) is 3.66. The van der Waals surface area contributed by atoms with E-state index in [9.17, 15) is 18.0 Å². The SMILES string of the molecule is CN(c1ncc(C(F)(F)F)s1)C1CCN(c2ccccc2Cl)C1=O. The van der Waals surface area contributed by atoms with E-state index in [1.54, 1.807) is 36.2 Å². The number of alkyl halides is 3. The number of rotatable bonds is 3. The third-order valence-electron chi connectivity index (χ3n) is 3.86. The normalized spacial score (nSPS) is 18.3. The molecule has 1 aromatic carbocycles. The number of carbonyl (C=O) groups is 1. The highest BCUT2D eigenvalue weighted by molar-refractivity contribution is 7.15. The van der Waals surface area contributed by atoms with Crippen LogP contribution in [0.1, 0.15) is 11.3 Å². The van der Waals surface area contributed by atoms with Crippen LogP contribution in [0.3, 0.4) is 0 Å². The molecule has 1 aliphatic heterocycles. The molecule has 0 N–H and O–H groups in total. The smallest absolute Gasteiger partial charge is 0.339 e. The number of aromatic nitrogens is 1. The van der Waals surface area contributed by atoms with Gasteiger partial charge in [0.25, 0.3) is 0 Å². The van der Waals surface area contributed by atoms with Crippen molar-refractivity contribution in [2.24, 2.45) is 0 Å². The molecular weight excluding hydrogens is 363 g/mol. The molecule has 1 unspecified atom stereocenters. The summed E-state index contributed by atoms with van der Waals surface area (Å²) in [6, 6.07) is 6.42. The molecule has 128 valence electrons. The van der Waals surface area contributed by atoms with Gasteiger partial charge in [0.1, 0.15) is 10.9 Å². The molecule has 0 bridgehead atoms. The van der Waals surface area contributed by atoms with Crippen LogP contribution < -0.4 is 9.80 Å². The van der Waals surface area contributed by atoms with Crippen molar-refractivity contribution in [1.29, 1.82) is 0 Å². The zero-order valence-corrected chi connectivity index (χ0v) is 14.1. The molecule has 0 radical (unpaired) electrons. The first-order valence-electron chi connectivity index (χ1n) is 7.11. The van der Waals surface area contributed by atoms with Gasteiger partial charge in [0.2, 0.25) is 5.91 Å². The highest BCUT2D eigenvalue weighted by Crippen LogP contribution is 2.38. The van der Waals surface area contributed by atoms with Gasteiger partial charge in [-0.3, -0.25) is 4.79 Å². The van der Waals surface area contributed by atoms with Gasteiger partial charge in [0, 0.05) is 13.6 Å². The predicted octanol–water partition coefficient (Wildman–Crippen LogP) is 4.06. The Balaban J connectivity index is 1.80. The van der Waals surface area contributed by atoms with Crippen molar-refractivity contribution in [1.82, 2.24) is 4.98 Å². The fraction of sp³-hybridized carbons (Fsp3) is 0.333. The van der Waals surface area contributed by atoms with Gasteiger partial charge in [-0.25, -0.2) is 4.98 Å². The maximum Gasteiger partial charge on any atom is 0.427 e. The minimum Gasteiger partial charge on any atom is -0.339 e. The number of halogens is 4. The first kappa shape index (κ1) is 17.0. The number of nitrogens with zero attached hydrogens (tertiary/aromatic N) is 3. The summed E-state index contributed by atoms with van der Waals surface area (Å²) in [5.41, 5.74) is 0.607. The van der Waals surface area contributed by atoms with Crippen LogP contribution in [0, 0.1) is 0 Å². The molecule has 9 heteroatoms. The molecule has 0 spiro atoms. The van der Waals surface area contributed by atoms with Crippen LogP contribution in [0.2, 0.25) is 5.02 Å². The first-order valence-corrected chi connectivity index (χ1v) is 8.30. The molecule has 0 aliphatic carbocycles. The summed E-state index contributed by atoms with van der Waals surface area (Å²) >= 11 is 6.65. The van der Waals surface area contributed by atoms with Crippen LogP contribution in [0.25, 0.3) is 0 Å². The minimum absolute atomic E-state index is 0.168. The highest BCUT2D eigenvalue weighted by Gasteiger charge is 2.39. The molecule has 2 heterocycles. The van der Waals surface area contributed by atoms with E-state index in [-0.39, 0.29) is 11.0 Å². The summed E-state index contributed by atoms with van der Waals surface area (Å²) in [5, 5.41) is 0.629. The molecular formula is C15H13ClF3N3OS. The standard InChI is InChI=1S/C15H13ClF3N3OS/c1-21(14-20-8-12(24-14)15(17,18)19)11-6-7-22(13(11)23)10-5-3-2-4-9(10)16/h2-5,8,11H,6-7H2,1H3. The quantitative estimate of drug-likeness (QED) is 0.811. The molecule has 4 nitrogen and oxygen atoms in total. The van der Waals surface area contributed by atoms with Crippen LogP contribution >= 0.6 is 22.9 Å². The van der Waals surface area contributed by atoms with Crippen molar-refractivity contribution in [2.45, 2.75) is 18.6 Å². The number of amides is 1. The van der Waals surface area contributed by atoms with Gasteiger partial charge in [-0.1, -0.05) is 35.1 Å². The Hall–Kier alpha value is -1.80. The molecule has 24 heavy (non-hydrogen) atoms. The summed E-state index contributed by atoms with van der Waals surface area (Å²) in [6.07, 6.45) is -3.15. The summed E-state index contributed by atoms with van der Waals surface area (Å²) in [7, 11) is 1.58. The number of likely N-dealkylation sites (N-methyl/N-ethyl adjacent to an activating group) is 1. The van der Waals surface area contributed by atoms with Crippen molar-refractivity contribution in [3.63, 3.8) is 0 Å². The van der Waals surface area contributed by atoms with E-state index in [0.29, 0.717) is 35.0 Å². The van der Waals surface area contributed by atoms with Gasteiger partial charge in [-0.05, 0) is 18.6 Å². The lowest BCUT2D eigenvalue weighted by Gasteiger charge is -2.23. The molecule has 2 aromatic rings. The molecule has 0 saturated carbocycles. The van der Waals surface area contributed by atoms with Crippen molar-refractivity contribution in [3.8, 4) is 0 Å². The van der Waals surface area contributed by atoms with E-state index in [0.717, 1.165) is 6.20 Å². The predicted molar refractivity (Wildman–Crippen MR) is 87.7 cm³/mol. The van der Waals surface area contributed by atoms with Gasteiger partial charge in [-0.2, -0.15) is 13.2 Å². The second kappa shape index (κ2) is 6.25. The molecule has 3 rings (SSSR count). The molecule has 1 saturated heterocycles. The van der Waals surface area contributed by atoms with Gasteiger partial charge < -0.3 is 9.80 Å². The lowest BCUT2D eigenvalue weighted by atomic mass is 10.2. The van der Waals surface area contributed by atoms with E-state index >= 15 is 0 Å². The number of para-hydroxylation sites is 1. The highest BCUT2D eigenvalue weighted by atomic mass is 35.5. The second-order valence-electron chi connectivity index (χ2n) is 5.36. The number of hydrogen-bond acceptors (Lipinski definition) is 4. The molecule has 1 atom stereocenters. The zero-order valence-electron chi connectivity index (χ0n) is 12.5. The second-order valence-corrected chi connectivity index (χ2v) is 6.78. The average molecular weight is 376 g/mol. The number of hydrogen-bond donors (Lipinski definition) is 0. The van der Waals surface area contributed by atoms with Crippen molar-refractivity contribution >= 4 is 39.7 Å². The van der Waals surface area contributed by atoms with Crippen molar-refractivity contribution < 1.29 is 18.0 Å². The summed E-state index contributed by atoms with van der Waals surface area (Å²) in [4.78, 5) is 18.7. The molecule has 1 aromatic heterocycles. The van der Waals surface area contributed by atoms with E-state index in [1.165, 1.54) is 4.90 Å². The Bertz CT molecular complexity index is 764. The zero-order chi connectivity index (χ0) is 17.5. The van der Waals surface area contributed by atoms with Gasteiger partial charge in [0.15, 0.2) is 5.13 Å². The fourth-order valence-electron chi connectivity index (χ4n) is 2.63. The van der Waals surface area contributed by atoms with E-state index in [1.807, 2.05) is 0 Å². The van der Waals surface area contributed by atoms with Crippen LogP contribution in [0.5, 0.6) is 0 Å². The minimum atomic E-state index is -4.43. The van der Waals surface area contributed by atoms with Crippen molar-refractivity contribution in [2.75, 3.05) is 23.4 Å². The maximum atomic E-state index is 12.7. The van der Waals surface area contributed by atoms with Gasteiger partial charge >= 0.3 is 6.18 Å². The molecule has 1 amide bonds. The lowest BCUT2D eigenvalue weighted by molar-refractivity contribution is -0.134. The Morgan fingerprint density at radius 2 is 2.08 bits per heavy atom. The Kier molecular flexibility index (Phi) is 4.44. The Morgan fingerprint density at radius 3 is 2.71 bits per heavy atom. The van der Waals surface area contributed by atoms with E-state index < -0.39 is 17.1 Å². The van der Waals surface area contributed by atoms with Gasteiger partial charge in [0.05, 0.1) is 16.9 Å². The Labute approximate surface area is 145 Å². The van der Waals surface area contributed by atoms with E-state index in [4.69, 9.17) is 11.6 Å². The largest absolute Gasteiger partial charge is 0.427 e. The average Bonchev–Trinajstić information content (AvgIpc) is 3.14. The van der Waals surface area contributed by atoms with Crippen LogP contribution in [0.15, 0.2) is 30.5 Å². The Morgan fingerprint density at radius 1 is 1.38 bits per heavy atom. The van der Waals surface area contributed by atoms with Gasteiger partial charge in [-0.15, -0.1) is 0 Å². The number of carbonyl (C=O) groups excluding carboxylic acids is 1. The van der Waals surface area contributed by atoms with Crippen molar-refractivity contribution in [3.05, 3.63) is 40.4 Å².